The van der Waals surface area contributed by atoms with Crippen LogP contribution >= 0.6 is 27.3 Å². The average Bonchev–Trinajstić information content (AvgIpc) is 3.36. The van der Waals surface area contributed by atoms with Crippen LogP contribution in [0.1, 0.15) is 16.7 Å². The van der Waals surface area contributed by atoms with Gasteiger partial charge in [-0.3, -0.25) is 0 Å². The van der Waals surface area contributed by atoms with Gasteiger partial charge in [-0.2, -0.15) is 0 Å². The predicted octanol–water partition coefficient (Wildman–Crippen LogP) is 10.4. The fourth-order valence-corrected chi connectivity index (χ4v) is 8.06. The van der Waals surface area contributed by atoms with Gasteiger partial charge in [0, 0.05) is 41.3 Å². The van der Waals surface area contributed by atoms with E-state index < -0.39 is 5.60 Å². The fraction of sp³-hybridized carbons (Fsp3) is 0.0270. The lowest BCUT2D eigenvalue weighted by molar-refractivity contribution is 0.128. The van der Waals surface area contributed by atoms with Gasteiger partial charge in [0.05, 0.1) is 0 Å². The molecule has 1 unspecified atom stereocenters. The summed E-state index contributed by atoms with van der Waals surface area (Å²) >= 11 is 5.53. The summed E-state index contributed by atoms with van der Waals surface area (Å²) < 4.78 is 3.49. The SMILES string of the molecule is OC1(c2ccccc2-c2cccc3c2sc2ccccc23)c2ccccc2-c2ccccc2-c2cc(Br)ccc21. The molecule has 0 amide bonds. The molecule has 6 aromatic carbocycles. The molecule has 190 valence electrons. The van der Waals surface area contributed by atoms with E-state index in [1.54, 1.807) is 0 Å². The van der Waals surface area contributed by atoms with E-state index in [0.29, 0.717) is 0 Å². The van der Waals surface area contributed by atoms with Crippen LogP contribution in [0.15, 0.2) is 138 Å². The summed E-state index contributed by atoms with van der Waals surface area (Å²) in [4.78, 5) is 0. The molecule has 0 fully saturated rings. The van der Waals surface area contributed by atoms with E-state index in [1.807, 2.05) is 29.5 Å². The van der Waals surface area contributed by atoms with Crippen molar-refractivity contribution in [2.24, 2.45) is 0 Å². The van der Waals surface area contributed by atoms with E-state index in [1.165, 1.54) is 20.2 Å². The minimum Gasteiger partial charge on any atom is -0.376 e. The fourth-order valence-electron chi connectivity index (χ4n) is 6.47. The predicted molar refractivity (Wildman–Crippen MR) is 172 cm³/mol. The summed E-state index contributed by atoms with van der Waals surface area (Å²) in [7, 11) is 0. The number of fused-ring (bicyclic) bond motifs is 8. The van der Waals surface area contributed by atoms with Crippen LogP contribution in [-0.4, -0.2) is 5.11 Å². The first kappa shape index (κ1) is 23.8. The zero-order valence-corrected chi connectivity index (χ0v) is 23.8. The van der Waals surface area contributed by atoms with E-state index in [-0.39, 0.29) is 0 Å². The quantitative estimate of drug-likeness (QED) is 0.211. The Hall–Kier alpha value is -4.02. The Balaban J connectivity index is 1.50. The van der Waals surface area contributed by atoms with Crippen molar-refractivity contribution in [2.45, 2.75) is 5.60 Å². The molecule has 1 aliphatic rings. The van der Waals surface area contributed by atoms with Crippen LogP contribution in [0, 0.1) is 0 Å². The molecular weight excluding hydrogens is 572 g/mol. The summed E-state index contributed by atoms with van der Waals surface area (Å²) in [6.07, 6.45) is 0. The Bertz CT molecular complexity index is 2110. The summed E-state index contributed by atoms with van der Waals surface area (Å²) in [5.41, 5.74) is 7.75. The second-order valence-corrected chi connectivity index (χ2v) is 12.3. The molecule has 1 atom stereocenters. The molecule has 0 aliphatic heterocycles. The van der Waals surface area contributed by atoms with E-state index in [9.17, 15) is 5.11 Å². The van der Waals surface area contributed by atoms with E-state index in [4.69, 9.17) is 0 Å². The summed E-state index contributed by atoms with van der Waals surface area (Å²) in [5.74, 6) is 0. The van der Waals surface area contributed by atoms with Gasteiger partial charge < -0.3 is 5.11 Å². The van der Waals surface area contributed by atoms with Crippen molar-refractivity contribution in [2.75, 3.05) is 0 Å². The highest BCUT2D eigenvalue weighted by Gasteiger charge is 2.42. The summed E-state index contributed by atoms with van der Waals surface area (Å²) in [6.45, 7) is 0. The van der Waals surface area contributed by atoms with E-state index in [2.05, 4.69) is 131 Å². The lowest BCUT2D eigenvalue weighted by Gasteiger charge is -2.33. The molecule has 1 aliphatic carbocycles. The zero-order chi connectivity index (χ0) is 26.8. The molecule has 40 heavy (non-hydrogen) atoms. The third kappa shape index (κ3) is 3.35. The normalized spacial score (nSPS) is 15.8. The highest BCUT2D eigenvalue weighted by molar-refractivity contribution is 9.10. The van der Waals surface area contributed by atoms with E-state index in [0.717, 1.165) is 54.5 Å². The van der Waals surface area contributed by atoms with E-state index >= 15 is 0 Å². The zero-order valence-electron chi connectivity index (χ0n) is 21.4. The molecule has 1 aromatic heterocycles. The van der Waals surface area contributed by atoms with Gasteiger partial charge in [0.15, 0.2) is 0 Å². The van der Waals surface area contributed by atoms with Crippen molar-refractivity contribution in [3.8, 4) is 33.4 Å². The first-order valence-electron chi connectivity index (χ1n) is 13.4. The Morgan fingerprint density at radius 1 is 0.475 bits per heavy atom. The monoisotopic (exact) mass is 594 g/mol. The first-order valence-corrected chi connectivity index (χ1v) is 15.0. The molecule has 0 radical (unpaired) electrons. The van der Waals surface area contributed by atoms with Crippen LogP contribution in [0.4, 0.5) is 0 Å². The van der Waals surface area contributed by atoms with Gasteiger partial charge in [0.2, 0.25) is 0 Å². The van der Waals surface area contributed by atoms with Crippen molar-refractivity contribution >= 4 is 47.4 Å². The number of aliphatic hydroxyl groups is 1. The van der Waals surface area contributed by atoms with Gasteiger partial charge in [-0.25, -0.2) is 0 Å². The third-order valence-corrected chi connectivity index (χ3v) is 9.92. The van der Waals surface area contributed by atoms with Crippen LogP contribution in [0.3, 0.4) is 0 Å². The number of halogens is 1. The van der Waals surface area contributed by atoms with Gasteiger partial charge in [0.1, 0.15) is 5.60 Å². The molecule has 0 saturated carbocycles. The first-order chi connectivity index (χ1) is 19.6. The van der Waals surface area contributed by atoms with Gasteiger partial charge in [-0.05, 0) is 51.6 Å². The Morgan fingerprint density at radius 2 is 1.00 bits per heavy atom. The lowest BCUT2D eigenvalue weighted by atomic mass is 9.75. The van der Waals surface area contributed by atoms with Gasteiger partial charge in [0.25, 0.3) is 0 Å². The van der Waals surface area contributed by atoms with Crippen molar-refractivity contribution in [1.82, 2.24) is 0 Å². The maximum atomic E-state index is 13.3. The molecule has 0 bridgehead atoms. The topological polar surface area (TPSA) is 20.2 Å². The maximum absolute atomic E-state index is 13.3. The third-order valence-electron chi connectivity index (χ3n) is 8.21. The summed E-state index contributed by atoms with van der Waals surface area (Å²) in [5, 5.41) is 15.8. The molecule has 1 N–H and O–H groups in total. The standard InChI is InChI=1S/C37H23BrOS/c38-23-20-21-34-31(22-23)25-11-2-1-10-24(25)26-12-3-6-17-32(26)37(34,39)33-18-7-4-13-27(33)29-15-9-16-30-28-14-5-8-19-35(28)40-36(29)30/h1-22,39H. The molecule has 1 nitrogen and oxygen atoms in total. The van der Waals surface area contributed by atoms with Crippen molar-refractivity contribution in [3.05, 3.63) is 155 Å². The number of benzene rings is 6. The summed E-state index contributed by atoms with van der Waals surface area (Å²) in [6, 6.07) is 46.6. The minimum absolute atomic E-state index is 0.879. The molecule has 7 aromatic rings. The van der Waals surface area contributed by atoms with Crippen molar-refractivity contribution in [3.63, 3.8) is 0 Å². The highest BCUT2D eigenvalue weighted by Crippen LogP contribution is 2.53. The molecule has 1 heterocycles. The van der Waals surface area contributed by atoms with Gasteiger partial charge in [-0.15, -0.1) is 11.3 Å². The smallest absolute Gasteiger partial charge is 0.142 e. The molecule has 0 spiro atoms. The second-order valence-electron chi connectivity index (χ2n) is 10.3. The average molecular weight is 596 g/mol. The van der Waals surface area contributed by atoms with Crippen molar-refractivity contribution < 1.29 is 5.11 Å². The van der Waals surface area contributed by atoms with Crippen LogP contribution < -0.4 is 0 Å². The molecule has 0 saturated heterocycles. The minimum atomic E-state index is -1.39. The number of hydrogen-bond donors (Lipinski definition) is 1. The maximum Gasteiger partial charge on any atom is 0.142 e. The highest BCUT2D eigenvalue weighted by atomic mass is 79.9. The second kappa shape index (κ2) is 9.00. The van der Waals surface area contributed by atoms with Crippen LogP contribution in [-0.2, 0) is 5.60 Å². The van der Waals surface area contributed by atoms with Gasteiger partial charge >= 0.3 is 0 Å². The lowest BCUT2D eigenvalue weighted by Crippen LogP contribution is -2.30. The van der Waals surface area contributed by atoms with Crippen LogP contribution in [0.5, 0.6) is 0 Å². The van der Waals surface area contributed by atoms with Gasteiger partial charge in [-0.1, -0.05) is 131 Å². The van der Waals surface area contributed by atoms with Crippen LogP contribution in [0.25, 0.3) is 53.6 Å². The Morgan fingerprint density at radius 3 is 1.75 bits per heavy atom. The number of rotatable bonds is 2. The largest absolute Gasteiger partial charge is 0.376 e. The molecule has 3 heteroatoms. The number of hydrogen-bond acceptors (Lipinski definition) is 2. The van der Waals surface area contributed by atoms with Crippen molar-refractivity contribution in [1.29, 1.82) is 0 Å². The number of thiophene rings is 1. The van der Waals surface area contributed by atoms with Crippen LogP contribution in [0.2, 0.25) is 0 Å². The Labute approximate surface area is 245 Å². The Kier molecular flexibility index (Phi) is 5.36. The molecule has 8 rings (SSSR count). The molecular formula is C37H23BrOS.